The van der Waals surface area contributed by atoms with E-state index in [2.05, 4.69) is 28.5 Å². The van der Waals surface area contributed by atoms with E-state index >= 15 is 0 Å². The van der Waals surface area contributed by atoms with Crippen LogP contribution in [0.15, 0.2) is 48.8 Å². The lowest BCUT2D eigenvalue weighted by molar-refractivity contribution is -0.139. The third-order valence-corrected chi connectivity index (χ3v) is 6.14. The second kappa shape index (κ2) is 7.86. The zero-order valence-electron chi connectivity index (χ0n) is 18.1. The molecule has 1 aliphatic heterocycles. The summed E-state index contributed by atoms with van der Waals surface area (Å²) >= 11 is 0. The molecule has 1 saturated heterocycles. The fraction of sp³-hybridized carbons (Fsp3) is 0.480. The summed E-state index contributed by atoms with van der Waals surface area (Å²) in [6, 6.07) is 12.6. The Balaban J connectivity index is 1.60. The van der Waals surface area contributed by atoms with Crippen molar-refractivity contribution in [2.75, 3.05) is 13.1 Å². The van der Waals surface area contributed by atoms with E-state index in [4.69, 9.17) is 0 Å². The molecule has 5 heteroatoms. The molecule has 2 aliphatic rings. The first-order valence-corrected chi connectivity index (χ1v) is 10.9. The summed E-state index contributed by atoms with van der Waals surface area (Å²) in [6.45, 7) is 6.94. The molecule has 1 atom stereocenters. The third-order valence-electron chi connectivity index (χ3n) is 6.14. The molecular weight excluding hydrogens is 374 g/mol. The lowest BCUT2D eigenvalue weighted by Gasteiger charge is -2.31. The van der Waals surface area contributed by atoms with E-state index in [1.807, 2.05) is 50.1 Å². The number of aromatic nitrogens is 1. The van der Waals surface area contributed by atoms with Crippen molar-refractivity contribution >= 4 is 11.8 Å². The van der Waals surface area contributed by atoms with Gasteiger partial charge in [0.2, 0.25) is 11.8 Å². The van der Waals surface area contributed by atoms with Crippen molar-refractivity contribution in [1.82, 2.24) is 15.2 Å². The maximum Gasteiger partial charge on any atom is 0.228 e. The summed E-state index contributed by atoms with van der Waals surface area (Å²) in [5.41, 5.74) is 2.26. The zero-order chi connectivity index (χ0) is 21.4. The summed E-state index contributed by atoms with van der Waals surface area (Å²) in [4.78, 5) is 32.3. The molecule has 1 saturated carbocycles. The lowest BCUT2D eigenvalue weighted by Crippen LogP contribution is -2.47. The number of amides is 2. The number of likely N-dealkylation sites (tertiary alicyclic amines) is 1. The highest BCUT2D eigenvalue weighted by Crippen LogP contribution is 2.38. The minimum Gasteiger partial charge on any atom is -0.353 e. The van der Waals surface area contributed by atoms with Gasteiger partial charge in [0.1, 0.15) is 0 Å². The van der Waals surface area contributed by atoms with Gasteiger partial charge in [-0.3, -0.25) is 14.6 Å². The number of hydrogen-bond donors (Lipinski definition) is 1. The van der Waals surface area contributed by atoms with Crippen LogP contribution < -0.4 is 5.32 Å². The van der Waals surface area contributed by atoms with Crippen LogP contribution in [0.2, 0.25) is 0 Å². The molecule has 2 amide bonds. The van der Waals surface area contributed by atoms with E-state index in [0.717, 1.165) is 29.5 Å². The van der Waals surface area contributed by atoms with Crippen LogP contribution >= 0.6 is 0 Å². The SMILES string of the molecule is CC(C)(C)C(=O)N1CCC(Cc2cccc(-c3cccnc3)c2)(C(=O)NC2CC2)C1. The standard InChI is InChI=1S/C25H31N3O2/c1-24(2,3)23(30)28-13-11-25(17-28,22(29)27-21-9-10-21)15-18-6-4-7-19(14-18)20-8-5-12-26-16-20/h4-8,12,14,16,21H,9-11,13,15,17H2,1-3H3,(H,27,29). The lowest BCUT2D eigenvalue weighted by atomic mass is 9.79. The molecule has 2 aromatic rings. The van der Waals surface area contributed by atoms with Gasteiger partial charge in [-0.1, -0.05) is 51.1 Å². The minimum absolute atomic E-state index is 0.0981. The second-order valence-corrected chi connectivity index (χ2v) is 9.87. The largest absolute Gasteiger partial charge is 0.353 e. The Morgan fingerprint density at radius 1 is 1.17 bits per heavy atom. The van der Waals surface area contributed by atoms with Crippen molar-refractivity contribution in [2.24, 2.45) is 10.8 Å². The first kappa shape index (κ1) is 20.6. The Morgan fingerprint density at radius 3 is 2.60 bits per heavy atom. The van der Waals surface area contributed by atoms with E-state index in [-0.39, 0.29) is 11.8 Å². The van der Waals surface area contributed by atoms with Crippen molar-refractivity contribution in [3.05, 3.63) is 54.4 Å². The molecule has 4 rings (SSSR count). The number of nitrogens with zero attached hydrogens (tertiary/aromatic N) is 2. The first-order chi connectivity index (χ1) is 14.3. The molecule has 1 unspecified atom stereocenters. The molecular formula is C25H31N3O2. The van der Waals surface area contributed by atoms with Crippen LogP contribution in [0.25, 0.3) is 11.1 Å². The monoisotopic (exact) mass is 405 g/mol. The van der Waals surface area contributed by atoms with Crippen molar-refractivity contribution in [3.8, 4) is 11.1 Å². The van der Waals surface area contributed by atoms with Gasteiger partial charge in [0.25, 0.3) is 0 Å². The van der Waals surface area contributed by atoms with Gasteiger partial charge in [0.05, 0.1) is 5.41 Å². The van der Waals surface area contributed by atoms with E-state index < -0.39 is 10.8 Å². The van der Waals surface area contributed by atoms with Gasteiger partial charge in [0.15, 0.2) is 0 Å². The summed E-state index contributed by atoms with van der Waals surface area (Å²) in [6.07, 6.45) is 7.07. The number of benzene rings is 1. The van der Waals surface area contributed by atoms with Crippen LogP contribution in [-0.2, 0) is 16.0 Å². The minimum atomic E-state index is -0.572. The molecule has 0 spiro atoms. The van der Waals surface area contributed by atoms with Gasteiger partial charge in [-0.05, 0) is 48.4 Å². The quantitative estimate of drug-likeness (QED) is 0.822. The molecule has 2 fully saturated rings. The van der Waals surface area contributed by atoms with Crippen molar-refractivity contribution in [3.63, 3.8) is 0 Å². The highest BCUT2D eigenvalue weighted by molar-refractivity contribution is 5.87. The smallest absolute Gasteiger partial charge is 0.228 e. The summed E-state index contributed by atoms with van der Waals surface area (Å²) in [7, 11) is 0. The molecule has 2 heterocycles. The van der Waals surface area contributed by atoms with Gasteiger partial charge in [-0.15, -0.1) is 0 Å². The van der Waals surface area contributed by atoms with Gasteiger partial charge in [0, 0.05) is 36.9 Å². The van der Waals surface area contributed by atoms with Gasteiger partial charge >= 0.3 is 0 Å². The summed E-state index contributed by atoms with van der Waals surface area (Å²) in [5, 5.41) is 3.21. The average molecular weight is 406 g/mol. The molecule has 1 aromatic carbocycles. The van der Waals surface area contributed by atoms with Gasteiger partial charge in [-0.25, -0.2) is 0 Å². The van der Waals surface area contributed by atoms with Crippen molar-refractivity contribution in [2.45, 2.75) is 52.5 Å². The van der Waals surface area contributed by atoms with Gasteiger partial charge < -0.3 is 10.2 Å². The molecule has 1 aromatic heterocycles. The Labute approximate surface area is 178 Å². The Morgan fingerprint density at radius 2 is 1.93 bits per heavy atom. The highest BCUT2D eigenvalue weighted by atomic mass is 16.2. The van der Waals surface area contributed by atoms with Gasteiger partial charge in [-0.2, -0.15) is 0 Å². The van der Waals surface area contributed by atoms with Crippen LogP contribution in [0.4, 0.5) is 0 Å². The normalized spacial score (nSPS) is 21.5. The van der Waals surface area contributed by atoms with Crippen LogP contribution in [0.5, 0.6) is 0 Å². The zero-order valence-corrected chi connectivity index (χ0v) is 18.1. The van der Waals surface area contributed by atoms with Crippen LogP contribution in [-0.4, -0.2) is 40.8 Å². The van der Waals surface area contributed by atoms with E-state index in [9.17, 15) is 9.59 Å². The molecule has 1 N–H and O–H groups in total. The number of nitrogens with one attached hydrogen (secondary N) is 1. The summed E-state index contributed by atoms with van der Waals surface area (Å²) in [5.74, 6) is 0.216. The molecule has 0 bridgehead atoms. The predicted molar refractivity (Wildman–Crippen MR) is 118 cm³/mol. The predicted octanol–water partition coefficient (Wildman–Crippen LogP) is 3.83. The fourth-order valence-corrected chi connectivity index (χ4v) is 4.28. The maximum atomic E-state index is 13.3. The summed E-state index contributed by atoms with van der Waals surface area (Å²) < 4.78 is 0. The molecule has 30 heavy (non-hydrogen) atoms. The van der Waals surface area contributed by atoms with Crippen molar-refractivity contribution in [1.29, 1.82) is 0 Å². The van der Waals surface area contributed by atoms with E-state index in [0.29, 0.717) is 32.0 Å². The van der Waals surface area contributed by atoms with E-state index in [1.54, 1.807) is 6.20 Å². The average Bonchev–Trinajstić information content (AvgIpc) is 3.44. The van der Waals surface area contributed by atoms with Crippen LogP contribution in [0.1, 0.15) is 45.6 Å². The highest BCUT2D eigenvalue weighted by Gasteiger charge is 2.48. The number of hydrogen-bond acceptors (Lipinski definition) is 3. The number of carbonyl (C=O) groups is 2. The molecule has 1 aliphatic carbocycles. The number of rotatable bonds is 5. The Bertz CT molecular complexity index is 931. The Hall–Kier alpha value is -2.69. The molecule has 5 nitrogen and oxygen atoms in total. The number of carbonyl (C=O) groups excluding carboxylic acids is 2. The van der Waals surface area contributed by atoms with Crippen LogP contribution in [0.3, 0.4) is 0 Å². The second-order valence-electron chi connectivity index (χ2n) is 9.87. The third kappa shape index (κ3) is 4.40. The maximum absolute atomic E-state index is 13.3. The Kier molecular flexibility index (Phi) is 5.39. The van der Waals surface area contributed by atoms with Crippen molar-refractivity contribution < 1.29 is 9.59 Å². The topological polar surface area (TPSA) is 62.3 Å². The molecule has 158 valence electrons. The van der Waals surface area contributed by atoms with E-state index in [1.165, 1.54) is 0 Å². The molecule has 0 radical (unpaired) electrons. The van der Waals surface area contributed by atoms with Crippen LogP contribution in [0, 0.1) is 10.8 Å². The first-order valence-electron chi connectivity index (χ1n) is 10.9. The number of pyridine rings is 1. The fourth-order valence-electron chi connectivity index (χ4n) is 4.28.